The smallest absolute Gasteiger partial charge is 0.253 e. The summed E-state index contributed by atoms with van der Waals surface area (Å²) < 4.78 is 0. The first-order valence-electron chi connectivity index (χ1n) is 14.4. The summed E-state index contributed by atoms with van der Waals surface area (Å²) in [5.74, 6) is -1.85. The van der Waals surface area contributed by atoms with Gasteiger partial charge in [-0.2, -0.15) is 11.8 Å². The Morgan fingerprint density at radius 3 is 2.40 bits per heavy atom. The van der Waals surface area contributed by atoms with Gasteiger partial charge < -0.3 is 9.80 Å². The molecule has 0 saturated carbocycles. The van der Waals surface area contributed by atoms with Crippen LogP contribution >= 0.6 is 11.8 Å². The molecule has 4 aliphatic rings. The summed E-state index contributed by atoms with van der Waals surface area (Å²) in [5.41, 5.74) is 2.71. The third kappa shape index (κ3) is 3.94. The molecule has 2 fully saturated rings. The second-order valence-corrected chi connectivity index (χ2v) is 12.4. The lowest BCUT2D eigenvalue weighted by Gasteiger charge is -2.31. The van der Waals surface area contributed by atoms with Gasteiger partial charge in [-0.3, -0.25) is 29.4 Å². The molecular formula is C33H32N4O4S. The zero-order chi connectivity index (χ0) is 29.0. The van der Waals surface area contributed by atoms with Crippen molar-refractivity contribution in [2.75, 3.05) is 34.9 Å². The average Bonchev–Trinajstić information content (AvgIpc) is 3.72. The summed E-state index contributed by atoms with van der Waals surface area (Å²) in [7, 11) is 0. The zero-order valence-electron chi connectivity index (χ0n) is 23.4. The molecule has 0 aliphatic carbocycles. The van der Waals surface area contributed by atoms with Crippen molar-refractivity contribution >= 4 is 46.8 Å². The minimum atomic E-state index is -1.41. The van der Waals surface area contributed by atoms with Gasteiger partial charge in [0.15, 0.2) is 0 Å². The lowest BCUT2D eigenvalue weighted by Crippen LogP contribution is -2.56. The average molecular weight is 581 g/mol. The van der Waals surface area contributed by atoms with Crippen LogP contribution in [-0.4, -0.2) is 59.7 Å². The molecule has 214 valence electrons. The van der Waals surface area contributed by atoms with Crippen molar-refractivity contribution in [2.45, 2.75) is 31.0 Å². The number of carbonyl (C=O) groups excluding carboxylic acids is 4. The number of para-hydroxylation sites is 2. The molecule has 3 aromatic rings. The molecule has 8 nitrogen and oxygen atoms in total. The van der Waals surface area contributed by atoms with E-state index in [4.69, 9.17) is 0 Å². The summed E-state index contributed by atoms with van der Waals surface area (Å²) in [4.78, 5) is 61.2. The number of imide groups is 1. The third-order valence-corrected chi connectivity index (χ3v) is 9.90. The highest BCUT2D eigenvalue weighted by Crippen LogP contribution is 2.55. The number of rotatable bonds is 7. The number of benzene rings is 3. The van der Waals surface area contributed by atoms with E-state index in [2.05, 4.69) is 5.32 Å². The van der Waals surface area contributed by atoms with Gasteiger partial charge in [0, 0.05) is 29.5 Å². The van der Waals surface area contributed by atoms with E-state index in [1.165, 1.54) is 9.80 Å². The Hall–Kier alpha value is -3.95. The summed E-state index contributed by atoms with van der Waals surface area (Å²) in [5, 5.41) is 3.55. The van der Waals surface area contributed by atoms with E-state index in [-0.39, 0.29) is 42.8 Å². The highest BCUT2D eigenvalue weighted by Gasteiger charge is 2.71. The highest BCUT2D eigenvalue weighted by atomic mass is 32.2. The van der Waals surface area contributed by atoms with E-state index in [0.29, 0.717) is 24.2 Å². The number of amides is 4. The summed E-state index contributed by atoms with van der Waals surface area (Å²) >= 11 is 1.67. The van der Waals surface area contributed by atoms with Gasteiger partial charge in [0.1, 0.15) is 12.1 Å². The van der Waals surface area contributed by atoms with E-state index in [9.17, 15) is 19.2 Å². The van der Waals surface area contributed by atoms with Gasteiger partial charge in [-0.1, -0.05) is 66.7 Å². The lowest BCUT2D eigenvalue weighted by molar-refractivity contribution is -0.143. The van der Waals surface area contributed by atoms with Crippen LogP contribution in [0.15, 0.2) is 78.9 Å². The summed E-state index contributed by atoms with van der Waals surface area (Å²) in [6.07, 6.45) is 3.42. The second-order valence-electron chi connectivity index (χ2n) is 11.4. The van der Waals surface area contributed by atoms with E-state index >= 15 is 0 Å². The molecule has 3 aromatic carbocycles. The zero-order valence-corrected chi connectivity index (χ0v) is 24.2. The van der Waals surface area contributed by atoms with E-state index in [0.717, 1.165) is 29.0 Å². The van der Waals surface area contributed by atoms with Gasteiger partial charge >= 0.3 is 0 Å². The molecule has 4 amide bonds. The van der Waals surface area contributed by atoms with Crippen molar-refractivity contribution in [1.82, 2.24) is 10.2 Å². The summed E-state index contributed by atoms with van der Waals surface area (Å²) in [6.45, 7) is 0.591. The van der Waals surface area contributed by atoms with Crippen molar-refractivity contribution in [3.05, 3.63) is 95.6 Å². The number of likely N-dealkylation sites (tertiary alicyclic amines) is 1. The van der Waals surface area contributed by atoms with Crippen molar-refractivity contribution in [3.8, 4) is 0 Å². The molecule has 0 radical (unpaired) electrons. The summed E-state index contributed by atoms with van der Waals surface area (Å²) in [6, 6.07) is 24.3. The molecular weight excluding hydrogens is 548 g/mol. The Balaban J connectivity index is 1.26. The minimum absolute atomic E-state index is 0.143. The number of hydrogen-bond acceptors (Lipinski definition) is 6. The first-order valence-corrected chi connectivity index (χ1v) is 15.8. The minimum Gasteiger partial charge on any atom is -0.310 e. The van der Waals surface area contributed by atoms with Crippen LogP contribution in [0.1, 0.15) is 23.1 Å². The Kier molecular flexibility index (Phi) is 6.66. The number of fused-ring (bicyclic) bond motifs is 5. The van der Waals surface area contributed by atoms with Crippen molar-refractivity contribution in [1.29, 1.82) is 0 Å². The molecule has 4 atom stereocenters. The first-order chi connectivity index (χ1) is 20.5. The maximum atomic E-state index is 14.7. The first kappa shape index (κ1) is 26.9. The van der Waals surface area contributed by atoms with Gasteiger partial charge in [-0.15, -0.1) is 0 Å². The van der Waals surface area contributed by atoms with Crippen LogP contribution in [0, 0.1) is 11.8 Å². The van der Waals surface area contributed by atoms with Gasteiger partial charge in [0.05, 0.1) is 18.4 Å². The fourth-order valence-electron chi connectivity index (χ4n) is 7.40. The fourth-order valence-corrected chi connectivity index (χ4v) is 7.89. The van der Waals surface area contributed by atoms with Gasteiger partial charge in [-0.25, -0.2) is 0 Å². The van der Waals surface area contributed by atoms with Crippen LogP contribution in [0.4, 0.5) is 11.4 Å². The van der Waals surface area contributed by atoms with E-state index in [1.54, 1.807) is 16.7 Å². The van der Waals surface area contributed by atoms with Crippen LogP contribution in [0.3, 0.4) is 0 Å². The molecule has 0 bridgehead atoms. The number of thioether (sulfide) groups is 1. The van der Waals surface area contributed by atoms with Crippen LogP contribution in [-0.2, 0) is 37.7 Å². The van der Waals surface area contributed by atoms with Gasteiger partial charge in [-0.05, 0) is 48.1 Å². The predicted octanol–water partition coefficient (Wildman–Crippen LogP) is 3.34. The molecule has 1 N–H and O–H groups in total. The van der Waals surface area contributed by atoms with Crippen molar-refractivity contribution in [2.24, 2.45) is 11.8 Å². The van der Waals surface area contributed by atoms with Crippen LogP contribution in [0.25, 0.3) is 0 Å². The molecule has 4 aliphatic heterocycles. The molecule has 0 aromatic heterocycles. The van der Waals surface area contributed by atoms with Gasteiger partial charge in [0.25, 0.3) is 5.91 Å². The van der Waals surface area contributed by atoms with Gasteiger partial charge in [0.2, 0.25) is 17.7 Å². The molecule has 0 unspecified atom stereocenters. The number of carbonyl (C=O) groups is 4. The molecule has 4 heterocycles. The molecule has 2 saturated heterocycles. The second kappa shape index (κ2) is 10.4. The normalized spacial score (nSPS) is 25.9. The predicted molar refractivity (Wildman–Crippen MR) is 162 cm³/mol. The Morgan fingerprint density at radius 1 is 0.905 bits per heavy atom. The Labute approximate surface area is 249 Å². The molecule has 7 rings (SSSR count). The van der Waals surface area contributed by atoms with Crippen LogP contribution in [0.2, 0.25) is 0 Å². The maximum absolute atomic E-state index is 14.7. The Morgan fingerprint density at radius 2 is 1.62 bits per heavy atom. The monoisotopic (exact) mass is 580 g/mol. The topological polar surface area (TPSA) is 90.0 Å². The Bertz CT molecular complexity index is 1600. The van der Waals surface area contributed by atoms with Crippen LogP contribution < -0.4 is 15.1 Å². The lowest BCUT2D eigenvalue weighted by atomic mass is 9.76. The van der Waals surface area contributed by atoms with Crippen molar-refractivity contribution in [3.63, 3.8) is 0 Å². The largest absolute Gasteiger partial charge is 0.310 e. The van der Waals surface area contributed by atoms with E-state index in [1.807, 2.05) is 85.1 Å². The quantitative estimate of drug-likeness (QED) is 0.432. The van der Waals surface area contributed by atoms with Crippen LogP contribution in [0.5, 0.6) is 0 Å². The maximum Gasteiger partial charge on any atom is 0.253 e. The number of nitrogens with one attached hydrogen (secondary N) is 1. The SMILES string of the molecule is CSCC[C@@H]1N[C@]2(C(=O)N(CC(=O)N3CCc4ccccc43)c3ccccc32)[C@H]2C(=O)N(Cc3ccccc3)C(=O)[C@@H]12. The number of hydrogen-bond donors (Lipinski definition) is 1. The van der Waals surface area contributed by atoms with Crippen molar-refractivity contribution < 1.29 is 19.2 Å². The highest BCUT2D eigenvalue weighted by molar-refractivity contribution is 7.98. The molecule has 42 heavy (non-hydrogen) atoms. The number of anilines is 2. The molecule has 1 spiro atoms. The third-order valence-electron chi connectivity index (χ3n) is 9.26. The fraction of sp³-hybridized carbons (Fsp3) is 0.333. The molecule has 9 heteroatoms. The van der Waals surface area contributed by atoms with E-state index < -0.39 is 17.4 Å². The number of nitrogens with zero attached hydrogens (tertiary/aromatic N) is 3. The standard InChI is InChI=1S/C33H32N4O4S/c1-42-18-16-24-28-29(31(40)37(30(28)39)19-21-9-3-2-4-10-21)33(34-24)23-12-6-8-14-26(23)36(32(33)41)20-27(38)35-17-15-22-11-5-7-13-25(22)35/h2-14,24,28-29,34H,15-20H2,1H3/t24-,28-,29+,33-/m0/s1.